The Balaban J connectivity index is 0.00000225. The number of aliphatic carboxylic acids is 1. The molecule has 2 aromatic rings. The number of fused-ring (bicyclic) bond motifs is 1. The molecule has 28 heavy (non-hydrogen) atoms. The van der Waals surface area contributed by atoms with Crippen LogP contribution in [-0.4, -0.2) is 75.4 Å². The molecule has 0 bridgehead atoms. The molecule has 1 fully saturated rings. The molecule has 0 saturated carbocycles. The maximum Gasteiger partial charge on any atom is 1.00 e. The molecule has 0 spiro atoms. The van der Waals surface area contributed by atoms with E-state index in [1.807, 2.05) is 0 Å². The van der Waals surface area contributed by atoms with Crippen LogP contribution in [0.4, 0.5) is 0 Å². The molecule has 1 amide bonds. The van der Waals surface area contributed by atoms with Gasteiger partial charge in [-0.05, 0) is 16.3 Å². The van der Waals surface area contributed by atoms with Crippen molar-refractivity contribution < 1.29 is 49.4 Å². The Morgan fingerprint density at radius 3 is 2.93 bits per heavy atom. The zero-order chi connectivity index (χ0) is 19.0. The van der Waals surface area contributed by atoms with Crippen LogP contribution in [0.2, 0.25) is 0 Å². The average molecular weight is 448 g/mol. The van der Waals surface area contributed by atoms with E-state index in [4.69, 9.17) is 0 Å². The molecule has 1 saturated heterocycles. The second-order valence-corrected chi connectivity index (χ2v) is 8.55. The topological polar surface area (TPSA) is 162 Å². The Morgan fingerprint density at radius 2 is 2.29 bits per heavy atom. The predicted octanol–water partition coefficient (Wildman–Crippen LogP) is -4.34. The number of carboxylic acid groups (broad SMARTS) is 1. The molecule has 4 heterocycles. The number of aromatic nitrogens is 6. The van der Waals surface area contributed by atoms with Crippen molar-refractivity contribution in [3.63, 3.8) is 0 Å². The minimum absolute atomic E-state index is 0. The first-order valence-corrected chi connectivity index (χ1v) is 10.1. The fourth-order valence-corrected chi connectivity index (χ4v) is 5.63. The average Bonchev–Trinajstić information content (AvgIpc) is 3.33. The molecule has 0 aliphatic carbocycles. The van der Waals surface area contributed by atoms with Gasteiger partial charge >= 0.3 is 35.5 Å². The van der Waals surface area contributed by atoms with Gasteiger partial charge in [0.25, 0.3) is 5.91 Å². The number of hydrogen-bond acceptors (Lipinski definition) is 12. The smallest absolute Gasteiger partial charge is 0.861 e. The van der Waals surface area contributed by atoms with Gasteiger partial charge in [-0.1, -0.05) is 23.1 Å². The van der Waals surface area contributed by atoms with Crippen LogP contribution in [0.1, 0.15) is 0 Å². The molecule has 12 nitrogen and oxygen atoms in total. The summed E-state index contributed by atoms with van der Waals surface area (Å²) in [6.45, 7) is -0.187. The Labute approximate surface area is 191 Å². The minimum atomic E-state index is -1.21. The number of carboxylic acids is 1. The van der Waals surface area contributed by atoms with Crippen LogP contribution in [0.5, 0.6) is 0 Å². The van der Waals surface area contributed by atoms with Gasteiger partial charge in [0.15, 0.2) is 10.4 Å². The van der Waals surface area contributed by atoms with E-state index in [1.165, 1.54) is 50.8 Å². The molecule has 16 heteroatoms. The molecular weight excluding hydrogens is 439 g/mol. The molecule has 0 radical (unpaired) electrons. The number of hydrogen-bond donors (Lipinski definition) is 1. The van der Waals surface area contributed by atoms with Crippen LogP contribution in [-0.2, 0) is 16.1 Å². The van der Waals surface area contributed by atoms with Crippen LogP contribution in [0.3, 0.4) is 0 Å². The summed E-state index contributed by atoms with van der Waals surface area (Å²) in [6.07, 6.45) is 1.26. The van der Waals surface area contributed by atoms with E-state index in [1.54, 1.807) is 5.51 Å². The van der Waals surface area contributed by atoms with Crippen molar-refractivity contribution in [2.75, 3.05) is 5.75 Å². The van der Waals surface area contributed by atoms with Gasteiger partial charge in [0, 0.05) is 10.7 Å². The number of thioether (sulfide) groups is 2. The van der Waals surface area contributed by atoms with Crippen molar-refractivity contribution in [3.05, 3.63) is 22.4 Å². The monoisotopic (exact) mass is 448 g/mol. The van der Waals surface area contributed by atoms with Crippen LogP contribution in [0.25, 0.3) is 0 Å². The van der Waals surface area contributed by atoms with Crippen LogP contribution in [0, 0.1) is 0 Å². The van der Waals surface area contributed by atoms with Gasteiger partial charge in [0.05, 0.1) is 6.54 Å². The number of rotatable bonds is 6. The van der Waals surface area contributed by atoms with Gasteiger partial charge in [0.2, 0.25) is 0 Å². The molecule has 2 unspecified atom stereocenters. The molecule has 2 aromatic heterocycles. The van der Waals surface area contributed by atoms with E-state index < -0.39 is 29.2 Å². The van der Waals surface area contributed by atoms with Crippen LogP contribution < -0.4 is 34.7 Å². The number of carbonyl (C=O) groups excluding carboxylic acids is 1. The van der Waals surface area contributed by atoms with E-state index in [0.717, 1.165) is 0 Å². The number of amides is 1. The number of β-lactam (4-membered cyclic amide) rings is 1. The summed E-state index contributed by atoms with van der Waals surface area (Å²) in [4.78, 5) is 29.8. The Kier molecular flexibility index (Phi) is 6.72. The first-order valence-electron chi connectivity index (χ1n) is 7.34. The van der Waals surface area contributed by atoms with Gasteiger partial charge in [-0.25, -0.2) is 9.48 Å². The number of carbonyl (C=O) groups is 2. The normalized spacial score (nSPS) is 21.8. The van der Waals surface area contributed by atoms with Gasteiger partial charge in [-0.2, -0.15) is 0 Å². The summed E-state index contributed by atoms with van der Waals surface area (Å²) in [5, 5.41) is 39.1. The fourth-order valence-electron chi connectivity index (χ4n) is 2.53. The number of aliphatic imine (C=N–C) groups is 1. The molecule has 2 aliphatic rings. The zero-order valence-corrected chi connectivity index (χ0v) is 18.6. The Morgan fingerprint density at radius 1 is 1.46 bits per heavy atom. The predicted molar refractivity (Wildman–Crippen MR) is 92.6 cm³/mol. The van der Waals surface area contributed by atoms with Gasteiger partial charge in [0.1, 0.15) is 22.9 Å². The van der Waals surface area contributed by atoms with E-state index in [2.05, 4.69) is 30.7 Å². The summed E-state index contributed by atoms with van der Waals surface area (Å²) in [6, 6.07) is -0.915. The first-order chi connectivity index (χ1) is 13.0. The third-order valence-corrected chi connectivity index (χ3v) is 6.94. The van der Waals surface area contributed by atoms with Crippen molar-refractivity contribution in [2.45, 2.75) is 22.3 Å². The molecule has 0 aromatic carbocycles. The molecule has 140 valence electrons. The standard InChI is InChI=1S/C12H10N8O4S3.Na/c21-6(1-19-3-13-17-18-19)15-7-9(22)20-8(11(23)24)5(2-25-10(7)20)27-12-16-14-4-26-12;/h3-4,7,10H,1-2H2,(H,15,21)(H,23,24);/q;+1/p-1. The second-order valence-electron chi connectivity index (χ2n) is 5.27. The first kappa shape index (κ1) is 21.2. The summed E-state index contributed by atoms with van der Waals surface area (Å²) >= 11 is 3.81. The van der Waals surface area contributed by atoms with Gasteiger partial charge in [-0.15, -0.1) is 27.1 Å². The quantitative estimate of drug-likeness (QED) is 0.197. The van der Waals surface area contributed by atoms with E-state index in [9.17, 15) is 19.8 Å². The summed E-state index contributed by atoms with van der Waals surface area (Å²) in [5.74, 6) is -1.92. The Bertz CT molecular complexity index is 935. The number of nitrogens with zero attached hydrogens (tertiary/aromatic N) is 8. The molecule has 2 atom stereocenters. The minimum Gasteiger partial charge on any atom is -0.861 e. The maximum absolute atomic E-state index is 12.5. The molecular formula is C12H9N8NaO4S3. The molecule has 4 rings (SSSR count). The largest absolute Gasteiger partial charge is 1.00 e. The summed E-state index contributed by atoms with van der Waals surface area (Å²) in [5.41, 5.74) is 1.45. The zero-order valence-electron chi connectivity index (χ0n) is 14.2. The van der Waals surface area contributed by atoms with Gasteiger partial charge < -0.3 is 10.2 Å². The van der Waals surface area contributed by atoms with Crippen LogP contribution >= 0.6 is 34.9 Å². The molecule has 2 aliphatic heterocycles. The van der Waals surface area contributed by atoms with E-state index in [-0.39, 0.29) is 41.8 Å². The third kappa shape index (κ3) is 4.08. The fraction of sp³-hybridized carbons (Fsp3) is 0.333. The van der Waals surface area contributed by atoms with Crippen molar-refractivity contribution in [2.24, 2.45) is 4.99 Å². The number of tetrazole rings is 1. The maximum atomic E-state index is 12.5. The summed E-state index contributed by atoms with van der Waals surface area (Å²) < 4.78 is 1.79. The van der Waals surface area contributed by atoms with Crippen LogP contribution in [0.15, 0.2) is 31.8 Å². The van der Waals surface area contributed by atoms with Crippen molar-refractivity contribution >= 4 is 52.6 Å². The summed E-state index contributed by atoms with van der Waals surface area (Å²) in [7, 11) is 0. The van der Waals surface area contributed by atoms with Crippen molar-refractivity contribution in [1.29, 1.82) is 0 Å². The SMILES string of the molecule is O=C(O)C1=C(Sc2nncs2)CSC2C(N=C([O-])Cn3cnnn3)C(=O)N12.[Na+]. The van der Waals surface area contributed by atoms with E-state index >= 15 is 0 Å². The second kappa shape index (κ2) is 8.87. The Hall–Kier alpha value is -1.52. The van der Waals surface area contributed by atoms with Crippen molar-refractivity contribution in [1.82, 2.24) is 35.3 Å². The van der Waals surface area contributed by atoms with Gasteiger partial charge in [-0.3, -0.25) is 14.7 Å². The van der Waals surface area contributed by atoms with Crippen molar-refractivity contribution in [3.8, 4) is 0 Å². The third-order valence-electron chi connectivity index (χ3n) is 3.63. The molecule has 1 N–H and O–H groups in total. The van der Waals surface area contributed by atoms with E-state index in [0.29, 0.717) is 15.0 Å².